The number of hydrogen-bond donors (Lipinski definition) is 2. The molecule has 1 aromatic carbocycles. The molecule has 1 fully saturated rings. The largest absolute Gasteiger partial charge is 0.385 e. The van der Waals surface area contributed by atoms with E-state index in [1.807, 2.05) is 4.90 Å². The number of amides is 2. The standard InChI is InChI=1S/C22H28FN5O3/c1-31-15-5-10-24-20(29)16-27-11-13-28(14-12-27)22(30)17-6-4-9-25-21(17)26-19-8-3-2-7-18(19)23/h2-4,6-9H,5,10-16H2,1H3,(H,24,29)(H,25,26). The van der Waals surface area contributed by atoms with E-state index in [4.69, 9.17) is 4.74 Å². The summed E-state index contributed by atoms with van der Waals surface area (Å²) in [7, 11) is 1.63. The number of anilines is 2. The molecule has 2 N–H and O–H groups in total. The molecule has 166 valence electrons. The van der Waals surface area contributed by atoms with Crippen molar-refractivity contribution in [3.05, 3.63) is 54.0 Å². The Balaban J connectivity index is 1.54. The van der Waals surface area contributed by atoms with Gasteiger partial charge in [0.1, 0.15) is 11.6 Å². The quantitative estimate of drug-likeness (QED) is 0.592. The van der Waals surface area contributed by atoms with E-state index in [-0.39, 0.29) is 17.5 Å². The van der Waals surface area contributed by atoms with Crippen molar-refractivity contribution in [1.29, 1.82) is 0 Å². The van der Waals surface area contributed by atoms with Gasteiger partial charge in [-0.3, -0.25) is 14.5 Å². The highest BCUT2D eigenvalue weighted by Gasteiger charge is 2.25. The fourth-order valence-corrected chi connectivity index (χ4v) is 3.35. The predicted molar refractivity (Wildman–Crippen MR) is 116 cm³/mol. The molecule has 2 aromatic rings. The topological polar surface area (TPSA) is 86.8 Å². The summed E-state index contributed by atoms with van der Waals surface area (Å²) in [5.74, 6) is -0.300. The Hall–Kier alpha value is -3.04. The maximum atomic E-state index is 14.0. The zero-order valence-electron chi connectivity index (χ0n) is 17.6. The summed E-state index contributed by atoms with van der Waals surface area (Å²) < 4.78 is 19.0. The van der Waals surface area contributed by atoms with Crippen molar-refractivity contribution in [3.8, 4) is 0 Å². The van der Waals surface area contributed by atoms with Gasteiger partial charge in [0.25, 0.3) is 5.91 Å². The first-order chi connectivity index (χ1) is 15.1. The fourth-order valence-electron chi connectivity index (χ4n) is 3.35. The zero-order chi connectivity index (χ0) is 22.1. The molecular weight excluding hydrogens is 401 g/mol. The molecule has 2 heterocycles. The molecule has 1 saturated heterocycles. The fraction of sp³-hybridized carbons (Fsp3) is 0.409. The molecule has 1 aliphatic rings. The summed E-state index contributed by atoms with van der Waals surface area (Å²) in [5.41, 5.74) is 0.645. The lowest BCUT2D eigenvalue weighted by Crippen LogP contribution is -2.51. The zero-order valence-corrected chi connectivity index (χ0v) is 17.6. The van der Waals surface area contributed by atoms with Crippen LogP contribution in [0.1, 0.15) is 16.8 Å². The number of piperazine rings is 1. The Morgan fingerprint density at radius 1 is 1.13 bits per heavy atom. The number of rotatable bonds is 9. The molecule has 8 nitrogen and oxygen atoms in total. The van der Waals surface area contributed by atoms with E-state index in [1.165, 1.54) is 6.07 Å². The van der Waals surface area contributed by atoms with Gasteiger partial charge in [-0.1, -0.05) is 12.1 Å². The summed E-state index contributed by atoms with van der Waals surface area (Å²) in [6.07, 6.45) is 2.34. The van der Waals surface area contributed by atoms with E-state index in [0.717, 1.165) is 6.42 Å². The summed E-state index contributed by atoms with van der Waals surface area (Å²) >= 11 is 0. The van der Waals surface area contributed by atoms with Gasteiger partial charge in [-0.25, -0.2) is 9.37 Å². The van der Waals surface area contributed by atoms with Crippen LogP contribution in [0.5, 0.6) is 0 Å². The summed E-state index contributed by atoms with van der Waals surface area (Å²) in [6.45, 7) is 3.73. The summed E-state index contributed by atoms with van der Waals surface area (Å²) in [6, 6.07) is 9.62. The van der Waals surface area contributed by atoms with Crippen LogP contribution in [0.3, 0.4) is 0 Å². The molecule has 0 bridgehead atoms. The van der Waals surface area contributed by atoms with Gasteiger partial charge in [0.2, 0.25) is 5.91 Å². The van der Waals surface area contributed by atoms with Crippen LogP contribution in [0, 0.1) is 5.82 Å². The molecule has 31 heavy (non-hydrogen) atoms. The minimum absolute atomic E-state index is 0.0282. The Morgan fingerprint density at radius 3 is 2.65 bits per heavy atom. The number of hydrogen-bond acceptors (Lipinski definition) is 6. The van der Waals surface area contributed by atoms with Crippen molar-refractivity contribution in [2.75, 3.05) is 58.3 Å². The smallest absolute Gasteiger partial charge is 0.257 e. The number of pyridine rings is 1. The Bertz CT molecular complexity index is 887. The molecule has 0 aliphatic carbocycles. The van der Waals surface area contributed by atoms with Crippen molar-refractivity contribution in [1.82, 2.24) is 20.1 Å². The van der Waals surface area contributed by atoms with E-state index in [9.17, 15) is 14.0 Å². The maximum Gasteiger partial charge on any atom is 0.257 e. The number of nitrogens with zero attached hydrogens (tertiary/aromatic N) is 3. The summed E-state index contributed by atoms with van der Waals surface area (Å²) in [5, 5.41) is 5.79. The monoisotopic (exact) mass is 429 g/mol. The lowest BCUT2D eigenvalue weighted by Gasteiger charge is -2.34. The van der Waals surface area contributed by atoms with Gasteiger partial charge in [-0.05, 0) is 30.7 Å². The van der Waals surface area contributed by atoms with Crippen LogP contribution in [-0.2, 0) is 9.53 Å². The second kappa shape index (κ2) is 11.4. The highest BCUT2D eigenvalue weighted by molar-refractivity contribution is 5.99. The number of carbonyl (C=O) groups is 2. The van der Waals surface area contributed by atoms with E-state index in [0.29, 0.717) is 57.3 Å². The number of halogens is 1. The third-order valence-corrected chi connectivity index (χ3v) is 5.04. The molecule has 2 amide bonds. The van der Waals surface area contributed by atoms with Crippen LogP contribution in [-0.4, -0.2) is 79.6 Å². The number of carbonyl (C=O) groups excluding carboxylic acids is 2. The Morgan fingerprint density at radius 2 is 1.90 bits per heavy atom. The third-order valence-electron chi connectivity index (χ3n) is 5.04. The second-order valence-electron chi connectivity index (χ2n) is 7.27. The van der Waals surface area contributed by atoms with Gasteiger partial charge in [-0.15, -0.1) is 0 Å². The molecule has 0 spiro atoms. The average molecular weight is 429 g/mol. The van der Waals surface area contributed by atoms with Crippen molar-refractivity contribution < 1.29 is 18.7 Å². The van der Waals surface area contributed by atoms with Gasteiger partial charge in [0.05, 0.1) is 17.8 Å². The van der Waals surface area contributed by atoms with Gasteiger partial charge >= 0.3 is 0 Å². The molecule has 9 heteroatoms. The lowest BCUT2D eigenvalue weighted by atomic mass is 10.2. The number of ether oxygens (including phenoxy) is 1. The molecule has 3 rings (SSSR count). The number of aromatic nitrogens is 1. The number of nitrogens with one attached hydrogen (secondary N) is 2. The molecule has 0 saturated carbocycles. The van der Waals surface area contributed by atoms with E-state index in [2.05, 4.69) is 15.6 Å². The van der Waals surface area contributed by atoms with Crippen LogP contribution in [0.4, 0.5) is 15.9 Å². The summed E-state index contributed by atoms with van der Waals surface area (Å²) in [4.78, 5) is 33.1. The maximum absolute atomic E-state index is 14.0. The van der Waals surface area contributed by atoms with E-state index in [1.54, 1.807) is 48.5 Å². The normalized spacial score (nSPS) is 14.3. The second-order valence-corrected chi connectivity index (χ2v) is 7.27. The van der Waals surface area contributed by atoms with Gasteiger partial charge < -0.3 is 20.3 Å². The highest BCUT2D eigenvalue weighted by atomic mass is 19.1. The molecule has 0 radical (unpaired) electrons. The van der Waals surface area contributed by atoms with Crippen LogP contribution in [0.15, 0.2) is 42.6 Å². The predicted octanol–water partition coefficient (Wildman–Crippen LogP) is 1.87. The minimum atomic E-state index is -0.416. The van der Waals surface area contributed by atoms with Crippen molar-refractivity contribution in [3.63, 3.8) is 0 Å². The first-order valence-electron chi connectivity index (χ1n) is 10.3. The first-order valence-corrected chi connectivity index (χ1v) is 10.3. The van der Waals surface area contributed by atoms with Crippen LogP contribution < -0.4 is 10.6 Å². The molecular formula is C22H28FN5O3. The number of methoxy groups -OCH3 is 1. The SMILES string of the molecule is COCCCNC(=O)CN1CCN(C(=O)c2cccnc2Nc2ccccc2F)CC1. The van der Waals surface area contributed by atoms with Gasteiger partial charge in [0, 0.05) is 52.6 Å². The Kier molecular flexibility index (Phi) is 8.31. The molecule has 0 atom stereocenters. The van der Waals surface area contributed by atoms with Crippen molar-refractivity contribution in [2.45, 2.75) is 6.42 Å². The molecule has 1 aliphatic heterocycles. The minimum Gasteiger partial charge on any atom is -0.385 e. The van der Waals surface area contributed by atoms with Gasteiger partial charge in [0.15, 0.2) is 0 Å². The highest BCUT2D eigenvalue weighted by Crippen LogP contribution is 2.22. The third kappa shape index (κ3) is 6.47. The molecule has 1 aromatic heterocycles. The average Bonchev–Trinajstić information content (AvgIpc) is 2.79. The van der Waals surface area contributed by atoms with Crippen LogP contribution >= 0.6 is 0 Å². The van der Waals surface area contributed by atoms with Crippen molar-refractivity contribution in [2.24, 2.45) is 0 Å². The van der Waals surface area contributed by atoms with E-state index >= 15 is 0 Å². The van der Waals surface area contributed by atoms with E-state index < -0.39 is 5.82 Å². The first kappa shape index (κ1) is 22.6. The Labute approximate surface area is 181 Å². The molecule has 0 unspecified atom stereocenters. The number of para-hydroxylation sites is 1. The van der Waals surface area contributed by atoms with Crippen LogP contribution in [0.25, 0.3) is 0 Å². The van der Waals surface area contributed by atoms with Gasteiger partial charge in [-0.2, -0.15) is 0 Å². The number of benzene rings is 1. The van der Waals surface area contributed by atoms with Crippen molar-refractivity contribution >= 4 is 23.3 Å². The lowest BCUT2D eigenvalue weighted by molar-refractivity contribution is -0.122. The van der Waals surface area contributed by atoms with Crippen LogP contribution in [0.2, 0.25) is 0 Å².